The van der Waals surface area contributed by atoms with Gasteiger partial charge < -0.3 is 64.2 Å². The standard InChI is InChI=1S/C54H100O15/c1-3-5-7-9-11-13-15-16-17-18-19-20-21-22-23-24-25-26-27-29-31-33-35-37-46(57)67-42(39-64-45(56)36-34-32-30-28-14-12-10-8-6-4-2)40-65-53-52(63)50(61)48(59)44(69-53)41-66-54-51(62)49(60)47(58)43(38-55)68-54/h29,31,42-44,47-55,58-63H,3-28,30,32-41H2,1-2H3/b31-29+/t42-,43+,44+,47-,48-,49?,50?,51?,52?,53+,54+/m1/s1. The number of ether oxygens (including phenoxy) is 6. The third-order valence-electron chi connectivity index (χ3n) is 13.5. The van der Waals surface area contributed by atoms with Gasteiger partial charge in [-0.15, -0.1) is 0 Å². The molecular weight excluding hydrogens is 889 g/mol. The van der Waals surface area contributed by atoms with Crippen molar-refractivity contribution in [2.45, 2.75) is 293 Å². The molecule has 2 rings (SSSR count). The molecule has 0 radical (unpaired) electrons. The van der Waals surface area contributed by atoms with Crippen molar-refractivity contribution in [3.8, 4) is 0 Å². The summed E-state index contributed by atoms with van der Waals surface area (Å²) in [5, 5.41) is 72.1. The Bertz CT molecular complexity index is 1250. The Hall–Kier alpha value is -1.76. The summed E-state index contributed by atoms with van der Waals surface area (Å²) in [6.07, 6.45) is 25.5. The normalized spacial score (nSPS) is 25.6. The molecule has 15 nitrogen and oxygen atoms in total. The van der Waals surface area contributed by atoms with E-state index in [1.165, 1.54) is 148 Å². The summed E-state index contributed by atoms with van der Waals surface area (Å²) in [6.45, 7) is 2.58. The van der Waals surface area contributed by atoms with Gasteiger partial charge in [-0.3, -0.25) is 9.59 Å². The highest BCUT2D eigenvalue weighted by molar-refractivity contribution is 5.70. The Balaban J connectivity index is 1.73. The van der Waals surface area contributed by atoms with Crippen LogP contribution in [0.25, 0.3) is 0 Å². The van der Waals surface area contributed by atoms with E-state index in [0.717, 1.165) is 32.1 Å². The summed E-state index contributed by atoms with van der Waals surface area (Å²) in [4.78, 5) is 25.7. The summed E-state index contributed by atoms with van der Waals surface area (Å²) >= 11 is 0. The highest BCUT2D eigenvalue weighted by Crippen LogP contribution is 2.27. The van der Waals surface area contributed by atoms with Crippen molar-refractivity contribution in [1.29, 1.82) is 0 Å². The maximum absolute atomic E-state index is 13.0. The number of aliphatic hydroxyl groups is 7. The highest BCUT2D eigenvalue weighted by Gasteiger charge is 2.47. The van der Waals surface area contributed by atoms with Crippen molar-refractivity contribution in [3.05, 3.63) is 12.2 Å². The molecule has 7 N–H and O–H groups in total. The van der Waals surface area contributed by atoms with Gasteiger partial charge in [-0.05, 0) is 32.1 Å². The molecule has 11 atom stereocenters. The van der Waals surface area contributed by atoms with Crippen molar-refractivity contribution < 1.29 is 73.8 Å². The van der Waals surface area contributed by atoms with Crippen molar-refractivity contribution in [2.24, 2.45) is 0 Å². The van der Waals surface area contributed by atoms with Gasteiger partial charge in [0.05, 0.1) is 19.8 Å². The SMILES string of the molecule is CCCCCCCCCCCCCCCCCCCC/C=C/CCCC(=O)O[C@H](COC(=O)CCCCCCCCCCCC)CO[C@H]1O[C@@H](CO[C@H]2O[C@@H](CO)[C@@H](O)C(O)C2O)[C@@H](O)C(O)C1O. The molecule has 4 unspecified atom stereocenters. The summed E-state index contributed by atoms with van der Waals surface area (Å²) in [5.41, 5.74) is 0. The first-order valence-corrected chi connectivity index (χ1v) is 27.8. The van der Waals surface area contributed by atoms with Crippen LogP contribution in [0.15, 0.2) is 12.2 Å². The van der Waals surface area contributed by atoms with Gasteiger partial charge in [0.1, 0.15) is 55.4 Å². The Labute approximate surface area is 416 Å². The molecule has 0 aromatic heterocycles. The van der Waals surface area contributed by atoms with Crippen LogP contribution in [-0.4, -0.2) is 142 Å². The van der Waals surface area contributed by atoms with Crippen LogP contribution in [0.3, 0.4) is 0 Å². The van der Waals surface area contributed by atoms with Crippen LogP contribution in [-0.2, 0) is 38.0 Å². The number of allylic oxidation sites excluding steroid dienone is 2. The first-order chi connectivity index (χ1) is 33.5. The van der Waals surface area contributed by atoms with Crippen LogP contribution in [0.4, 0.5) is 0 Å². The van der Waals surface area contributed by atoms with Crippen LogP contribution in [0.1, 0.15) is 226 Å². The van der Waals surface area contributed by atoms with E-state index in [2.05, 4.69) is 26.0 Å². The topological polar surface area (TPSA) is 231 Å². The number of carbonyl (C=O) groups excluding carboxylic acids is 2. The lowest BCUT2D eigenvalue weighted by molar-refractivity contribution is -0.332. The number of esters is 2. The van der Waals surface area contributed by atoms with Crippen molar-refractivity contribution >= 4 is 11.9 Å². The summed E-state index contributed by atoms with van der Waals surface area (Å²) < 4.78 is 33.5. The lowest BCUT2D eigenvalue weighted by Gasteiger charge is -2.42. The van der Waals surface area contributed by atoms with Gasteiger partial charge in [-0.1, -0.05) is 193 Å². The first-order valence-electron chi connectivity index (χ1n) is 27.8. The van der Waals surface area contributed by atoms with E-state index in [1.54, 1.807) is 0 Å². The minimum atomic E-state index is -1.76. The van der Waals surface area contributed by atoms with Crippen molar-refractivity contribution in [3.63, 3.8) is 0 Å². The molecule has 406 valence electrons. The molecule has 0 saturated carbocycles. The van der Waals surface area contributed by atoms with Crippen LogP contribution in [0, 0.1) is 0 Å². The molecule has 0 aliphatic carbocycles. The fourth-order valence-corrected chi connectivity index (χ4v) is 8.93. The minimum absolute atomic E-state index is 0.122. The number of carbonyl (C=O) groups is 2. The van der Waals surface area contributed by atoms with Crippen LogP contribution >= 0.6 is 0 Å². The van der Waals surface area contributed by atoms with Crippen molar-refractivity contribution in [1.82, 2.24) is 0 Å². The molecule has 15 heteroatoms. The predicted octanol–water partition coefficient (Wildman–Crippen LogP) is 8.55. The van der Waals surface area contributed by atoms with E-state index in [4.69, 9.17) is 28.4 Å². The quantitative estimate of drug-likeness (QED) is 0.0172. The van der Waals surface area contributed by atoms with Crippen LogP contribution in [0.2, 0.25) is 0 Å². The number of hydrogen-bond acceptors (Lipinski definition) is 15. The van der Waals surface area contributed by atoms with E-state index in [0.29, 0.717) is 19.3 Å². The monoisotopic (exact) mass is 989 g/mol. The smallest absolute Gasteiger partial charge is 0.306 e. The average Bonchev–Trinajstić information content (AvgIpc) is 3.34. The third kappa shape index (κ3) is 29.5. The molecule has 2 fully saturated rings. The molecular formula is C54H100O15. The minimum Gasteiger partial charge on any atom is -0.462 e. The van der Waals surface area contributed by atoms with Crippen molar-refractivity contribution in [2.75, 3.05) is 26.4 Å². The Morgan fingerprint density at radius 3 is 1.32 bits per heavy atom. The fraction of sp³-hybridized carbons (Fsp3) is 0.926. The molecule has 0 amide bonds. The van der Waals surface area contributed by atoms with E-state index in [-0.39, 0.29) is 26.1 Å². The number of aliphatic hydroxyl groups excluding tert-OH is 7. The average molecular weight is 989 g/mol. The zero-order valence-electron chi connectivity index (χ0n) is 43.1. The van der Waals surface area contributed by atoms with Gasteiger partial charge in [0.15, 0.2) is 18.7 Å². The van der Waals surface area contributed by atoms with Gasteiger partial charge in [0.2, 0.25) is 0 Å². The molecule has 2 aliphatic rings. The lowest BCUT2D eigenvalue weighted by atomic mass is 9.98. The molecule has 0 spiro atoms. The lowest BCUT2D eigenvalue weighted by Crippen LogP contribution is -2.61. The zero-order valence-corrected chi connectivity index (χ0v) is 43.1. The number of unbranched alkanes of at least 4 members (excludes halogenated alkanes) is 28. The maximum atomic E-state index is 13.0. The summed E-state index contributed by atoms with van der Waals surface area (Å²) in [7, 11) is 0. The van der Waals surface area contributed by atoms with E-state index >= 15 is 0 Å². The maximum Gasteiger partial charge on any atom is 0.306 e. The molecule has 69 heavy (non-hydrogen) atoms. The van der Waals surface area contributed by atoms with E-state index < -0.39 is 92.7 Å². The molecule has 2 heterocycles. The Kier molecular flexibility index (Phi) is 38.3. The zero-order chi connectivity index (χ0) is 50.3. The molecule has 0 aromatic rings. The second-order valence-electron chi connectivity index (χ2n) is 19.8. The Morgan fingerprint density at radius 1 is 0.449 bits per heavy atom. The van der Waals surface area contributed by atoms with Gasteiger partial charge in [0.25, 0.3) is 0 Å². The number of hydrogen-bond donors (Lipinski definition) is 7. The van der Waals surface area contributed by atoms with Crippen LogP contribution < -0.4 is 0 Å². The van der Waals surface area contributed by atoms with Crippen LogP contribution in [0.5, 0.6) is 0 Å². The van der Waals surface area contributed by atoms with Gasteiger partial charge in [0, 0.05) is 12.8 Å². The van der Waals surface area contributed by atoms with Gasteiger partial charge in [-0.2, -0.15) is 0 Å². The number of rotatable bonds is 44. The highest BCUT2D eigenvalue weighted by atomic mass is 16.7. The van der Waals surface area contributed by atoms with Gasteiger partial charge >= 0.3 is 11.9 Å². The van der Waals surface area contributed by atoms with Gasteiger partial charge in [-0.25, -0.2) is 0 Å². The van der Waals surface area contributed by atoms with E-state index in [9.17, 15) is 45.3 Å². The molecule has 0 bridgehead atoms. The van der Waals surface area contributed by atoms with E-state index in [1.807, 2.05) is 0 Å². The largest absolute Gasteiger partial charge is 0.462 e. The molecule has 0 aromatic carbocycles. The molecule has 2 saturated heterocycles. The molecule has 2 aliphatic heterocycles. The summed E-state index contributed by atoms with van der Waals surface area (Å²) in [5.74, 6) is -0.953. The second kappa shape index (κ2) is 41.7. The third-order valence-corrected chi connectivity index (χ3v) is 13.5. The first kappa shape index (κ1) is 63.4. The second-order valence-corrected chi connectivity index (χ2v) is 19.8. The Morgan fingerprint density at radius 2 is 0.841 bits per heavy atom. The fourth-order valence-electron chi connectivity index (χ4n) is 8.93. The summed E-state index contributed by atoms with van der Waals surface area (Å²) in [6, 6.07) is 0. The predicted molar refractivity (Wildman–Crippen MR) is 266 cm³/mol.